The minimum atomic E-state index is 0.629. The van der Waals surface area contributed by atoms with Gasteiger partial charge in [-0.15, -0.1) is 0 Å². The van der Waals surface area contributed by atoms with E-state index in [0.29, 0.717) is 5.89 Å². The molecule has 0 saturated heterocycles. The highest BCUT2D eigenvalue weighted by Crippen LogP contribution is 2.19. The lowest BCUT2D eigenvalue weighted by Crippen LogP contribution is -1.75. The largest absolute Gasteiger partial charge is 0.437 e. The van der Waals surface area contributed by atoms with E-state index < -0.39 is 0 Å². The predicted molar refractivity (Wildman–Crippen MR) is 86.9 cm³/mol. The summed E-state index contributed by atoms with van der Waals surface area (Å²) in [5, 5.41) is 2.48. The zero-order valence-electron chi connectivity index (χ0n) is 11.4. The molecule has 0 bridgehead atoms. The lowest BCUT2D eigenvalue weighted by atomic mass is 10.1. The highest BCUT2D eigenvalue weighted by atomic mass is 16.3. The van der Waals surface area contributed by atoms with E-state index in [1.54, 1.807) is 0 Å². The molecule has 21 heavy (non-hydrogen) atoms. The van der Waals surface area contributed by atoms with Crippen LogP contribution in [-0.2, 0) is 0 Å². The van der Waals surface area contributed by atoms with Crippen LogP contribution in [-0.4, -0.2) is 4.98 Å². The molecule has 0 fully saturated rings. The van der Waals surface area contributed by atoms with Gasteiger partial charge in [0, 0.05) is 6.08 Å². The maximum absolute atomic E-state index is 5.68. The zero-order chi connectivity index (χ0) is 14.1. The predicted octanol–water partition coefficient (Wildman–Crippen LogP) is 5.15. The van der Waals surface area contributed by atoms with Gasteiger partial charge in [0.1, 0.15) is 5.52 Å². The fourth-order valence-corrected chi connectivity index (χ4v) is 2.44. The Morgan fingerprint density at radius 1 is 0.762 bits per heavy atom. The van der Waals surface area contributed by atoms with Crippen LogP contribution in [0.15, 0.2) is 71.1 Å². The molecule has 2 heteroatoms. The molecular weight excluding hydrogens is 258 g/mol. The van der Waals surface area contributed by atoms with E-state index in [1.165, 1.54) is 10.8 Å². The summed E-state index contributed by atoms with van der Waals surface area (Å²) in [4.78, 5) is 4.44. The van der Waals surface area contributed by atoms with Crippen molar-refractivity contribution in [3.63, 3.8) is 0 Å². The number of fused-ring (bicyclic) bond motifs is 2. The molecule has 1 aromatic heterocycles. The summed E-state index contributed by atoms with van der Waals surface area (Å²) < 4.78 is 5.68. The molecule has 0 saturated carbocycles. The summed E-state index contributed by atoms with van der Waals surface area (Å²) in [6, 6.07) is 22.5. The monoisotopic (exact) mass is 271 g/mol. The quantitative estimate of drug-likeness (QED) is 0.504. The third-order valence-electron chi connectivity index (χ3n) is 3.50. The maximum Gasteiger partial charge on any atom is 0.220 e. The number of hydrogen-bond donors (Lipinski definition) is 0. The molecule has 2 nitrogen and oxygen atoms in total. The molecule has 0 spiro atoms. The second-order valence-corrected chi connectivity index (χ2v) is 4.96. The molecule has 0 N–H and O–H groups in total. The van der Waals surface area contributed by atoms with Crippen LogP contribution < -0.4 is 0 Å². The van der Waals surface area contributed by atoms with Gasteiger partial charge in [-0.25, -0.2) is 4.98 Å². The minimum absolute atomic E-state index is 0.629. The zero-order valence-corrected chi connectivity index (χ0v) is 11.4. The van der Waals surface area contributed by atoms with Crippen molar-refractivity contribution < 1.29 is 4.42 Å². The molecule has 3 aromatic carbocycles. The Morgan fingerprint density at radius 3 is 2.48 bits per heavy atom. The lowest BCUT2D eigenvalue weighted by Gasteiger charge is -1.98. The van der Waals surface area contributed by atoms with Gasteiger partial charge >= 0.3 is 0 Å². The second kappa shape index (κ2) is 4.91. The summed E-state index contributed by atoms with van der Waals surface area (Å²) in [5.74, 6) is 0.629. The van der Waals surface area contributed by atoms with E-state index in [9.17, 15) is 0 Å². The van der Waals surface area contributed by atoms with Crippen LogP contribution in [0, 0.1) is 0 Å². The van der Waals surface area contributed by atoms with Crippen LogP contribution >= 0.6 is 0 Å². The van der Waals surface area contributed by atoms with Crippen LogP contribution in [0.1, 0.15) is 11.5 Å². The lowest BCUT2D eigenvalue weighted by molar-refractivity contribution is 0.590. The van der Waals surface area contributed by atoms with Crippen LogP contribution in [0.3, 0.4) is 0 Å². The molecule has 4 aromatic rings. The van der Waals surface area contributed by atoms with Crippen LogP contribution in [0.4, 0.5) is 0 Å². The van der Waals surface area contributed by atoms with Crippen LogP contribution in [0.2, 0.25) is 0 Å². The van der Waals surface area contributed by atoms with E-state index in [1.807, 2.05) is 36.4 Å². The summed E-state index contributed by atoms with van der Waals surface area (Å²) in [6.45, 7) is 0. The molecule has 1 heterocycles. The van der Waals surface area contributed by atoms with Crippen LogP contribution in [0.25, 0.3) is 34.0 Å². The van der Waals surface area contributed by atoms with Crippen LogP contribution in [0.5, 0.6) is 0 Å². The van der Waals surface area contributed by atoms with E-state index >= 15 is 0 Å². The molecule has 4 rings (SSSR count). The van der Waals surface area contributed by atoms with Gasteiger partial charge in [-0.2, -0.15) is 0 Å². The Morgan fingerprint density at radius 2 is 1.57 bits per heavy atom. The number of aromatic nitrogens is 1. The molecule has 100 valence electrons. The number of rotatable bonds is 2. The molecule has 0 aliphatic heterocycles. The molecule has 0 aliphatic rings. The van der Waals surface area contributed by atoms with Gasteiger partial charge in [0.15, 0.2) is 5.58 Å². The van der Waals surface area contributed by atoms with Gasteiger partial charge < -0.3 is 4.42 Å². The Labute approximate surface area is 122 Å². The average molecular weight is 271 g/mol. The first-order valence-corrected chi connectivity index (χ1v) is 6.91. The van der Waals surface area contributed by atoms with Gasteiger partial charge in [0.2, 0.25) is 5.89 Å². The fourth-order valence-electron chi connectivity index (χ4n) is 2.44. The van der Waals surface area contributed by atoms with E-state index in [2.05, 4.69) is 47.4 Å². The highest BCUT2D eigenvalue weighted by molar-refractivity contribution is 5.86. The van der Waals surface area contributed by atoms with Gasteiger partial charge in [-0.1, -0.05) is 48.5 Å². The van der Waals surface area contributed by atoms with Crippen molar-refractivity contribution in [3.8, 4) is 0 Å². The molecular formula is C19H13NO. The standard InChI is InChI=1S/C19H13NO/c1-2-6-16-13-14(9-11-15(16)5-1)10-12-19-20-17-7-3-4-8-18(17)21-19/h1-13H/b12-10+. The summed E-state index contributed by atoms with van der Waals surface area (Å²) >= 11 is 0. The smallest absolute Gasteiger partial charge is 0.220 e. The minimum Gasteiger partial charge on any atom is -0.437 e. The Kier molecular flexibility index (Phi) is 2.79. The van der Waals surface area contributed by atoms with Crippen molar-refractivity contribution in [3.05, 3.63) is 78.2 Å². The average Bonchev–Trinajstić information content (AvgIpc) is 2.95. The topological polar surface area (TPSA) is 26.0 Å². The third-order valence-corrected chi connectivity index (χ3v) is 3.50. The van der Waals surface area contributed by atoms with E-state index in [0.717, 1.165) is 16.7 Å². The van der Waals surface area contributed by atoms with E-state index in [-0.39, 0.29) is 0 Å². The van der Waals surface area contributed by atoms with Gasteiger partial charge in [-0.05, 0) is 40.6 Å². The van der Waals surface area contributed by atoms with Crippen molar-refractivity contribution in [2.45, 2.75) is 0 Å². The van der Waals surface area contributed by atoms with Crippen molar-refractivity contribution in [2.24, 2.45) is 0 Å². The molecule has 0 aliphatic carbocycles. The van der Waals surface area contributed by atoms with Gasteiger partial charge in [-0.3, -0.25) is 0 Å². The second-order valence-electron chi connectivity index (χ2n) is 4.96. The number of oxazole rings is 1. The van der Waals surface area contributed by atoms with Gasteiger partial charge in [0.25, 0.3) is 0 Å². The third kappa shape index (κ3) is 2.32. The SMILES string of the molecule is C(=C\c1nc2ccccc2o1)/c1ccc2ccccc2c1. The van der Waals surface area contributed by atoms with Gasteiger partial charge in [0.05, 0.1) is 0 Å². The number of nitrogens with zero attached hydrogens (tertiary/aromatic N) is 1. The first-order chi connectivity index (χ1) is 10.4. The number of benzene rings is 3. The summed E-state index contributed by atoms with van der Waals surface area (Å²) in [7, 11) is 0. The fraction of sp³-hybridized carbons (Fsp3) is 0. The molecule has 0 atom stereocenters. The molecule has 0 unspecified atom stereocenters. The Balaban J connectivity index is 1.69. The summed E-state index contributed by atoms with van der Waals surface area (Å²) in [5.41, 5.74) is 2.84. The van der Waals surface area contributed by atoms with Crippen molar-refractivity contribution in [1.82, 2.24) is 4.98 Å². The van der Waals surface area contributed by atoms with Crippen molar-refractivity contribution >= 4 is 34.0 Å². The summed E-state index contributed by atoms with van der Waals surface area (Å²) in [6.07, 6.45) is 3.93. The first kappa shape index (κ1) is 11.9. The van der Waals surface area contributed by atoms with Crippen molar-refractivity contribution in [1.29, 1.82) is 0 Å². The molecule has 0 radical (unpaired) electrons. The normalized spacial score (nSPS) is 11.6. The first-order valence-electron chi connectivity index (χ1n) is 6.91. The number of para-hydroxylation sites is 2. The van der Waals surface area contributed by atoms with E-state index in [4.69, 9.17) is 4.42 Å². The molecule has 0 amide bonds. The number of hydrogen-bond acceptors (Lipinski definition) is 2. The Bertz CT molecular complexity index is 917. The highest BCUT2D eigenvalue weighted by Gasteiger charge is 2.01. The maximum atomic E-state index is 5.68. The Hall–Kier alpha value is -2.87. The van der Waals surface area contributed by atoms with Crippen molar-refractivity contribution in [2.75, 3.05) is 0 Å².